The van der Waals surface area contributed by atoms with Crippen LogP contribution in [0.4, 0.5) is 0 Å². The first kappa shape index (κ1) is 23.8. The Balaban J connectivity index is 1.59. The van der Waals surface area contributed by atoms with Gasteiger partial charge in [-0.05, 0) is 37.5 Å². The van der Waals surface area contributed by atoms with E-state index in [2.05, 4.69) is 29.4 Å². The van der Waals surface area contributed by atoms with Gasteiger partial charge in [0, 0.05) is 12.1 Å². The number of carbonyl (C=O) groups is 1. The molecule has 0 aliphatic heterocycles. The van der Waals surface area contributed by atoms with Gasteiger partial charge in [0.2, 0.25) is 11.7 Å². The summed E-state index contributed by atoms with van der Waals surface area (Å²) < 4.78 is 8.96. The topological polar surface area (TPSA) is 90.5 Å². The van der Waals surface area contributed by atoms with Crippen LogP contribution in [0.1, 0.15) is 38.8 Å². The highest BCUT2D eigenvalue weighted by Gasteiger charge is 2.19. The van der Waals surface area contributed by atoms with E-state index in [0.717, 1.165) is 23.3 Å². The second kappa shape index (κ2) is 10.3. The fraction of sp³-hybridized carbons (Fsp3) is 0.360. The van der Waals surface area contributed by atoms with Gasteiger partial charge in [-0.1, -0.05) is 55.9 Å². The average Bonchev–Trinajstić information content (AvgIpc) is 3.26. The first-order chi connectivity index (χ1) is 16.4. The van der Waals surface area contributed by atoms with E-state index < -0.39 is 0 Å². The van der Waals surface area contributed by atoms with Gasteiger partial charge >= 0.3 is 0 Å². The van der Waals surface area contributed by atoms with Gasteiger partial charge in [-0.15, -0.1) is 10.2 Å². The van der Waals surface area contributed by atoms with Crippen LogP contribution in [0, 0.1) is 5.92 Å². The molecule has 1 unspecified atom stereocenters. The molecule has 0 spiro atoms. The highest BCUT2D eigenvalue weighted by Crippen LogP contribution is 2.25. The number of nitrogens with zero attached hydrogens (tertiary/aromatic N) is 4. The highest BCUT2D eigenvalue weighted by atomic mass is 32.2. The van der Waals surface area contributed by atoms with E-state index in [-0.39, 0.29) is 23.3 Å². The van der Waals surface area contributed by atoms with E-state index >= 15 is 0 Å². The van der Waals surface area contributed by atoms with Crippen LogP contribution in [0.5, 0.6) is 5.75 Å². The number of rotatable bonds is 9. The molecule has 0 bridgehead atoms. The van der Waals surface area contributed by atoms with Crippen molar-refractivity contribution in [1.82, 2.24) is 24.5 Å². The minimum Gasteiger partial charge on any atom is -0.496 e. The van der Waals surface area contributed by atoms with Gasteiger partial charge in [0.1, 0.15) is 5.75 Å². The van der Waals surface area contributed by atoms with Crippen molar-refractivity contribution in [3.05, 3.63) is 64.4 Å². The largest absolute Gasteiger partial charge is 0.496 e. The Labute approximate surface area is 202 Å². The molecular formula is C25H29N5O3S. The lowest BCUT2D eigenvalue weighted by molar-refractivity contribution is -0.119. The average molecular weight is 480 g/mol. The van der Waals surface area contributed by atoms with Crippen molar-refractivity contribution < 1.29 is 9.53 Å². The maximum Gasteiger partial charge on any atom is 0.262 e. The molecule has 4 rings (SSSR count). The summed E-state index contributed by atoms with van der Waals surface area (Å²) in [6, 6.07) is 14.9. The summed E-state index contributed by atoms with van der Waals surface area (Å²) in [5.74, 6) is 1.72. The summed E-state index contributed by atoms with van der Waals surface area (Å²) in [6.45, 7) is 6.73. The third kappa shape index (κ3) is 4.79. The van der Waals surface area contributed by atoms with Gasteiger partial charge < -0.3 is 10.1 Å². The predicted molar refractivity (Wildman–Crippen MR) is 134 cm³/mol. The molecule has 2 heterocycles. The lowest BCUT2D eigenvalue weighted by Gasteiger charge is -2.17. The Kier molecular flexibility index (Phi) is 7.21. The van der Waals surface area contributed by atoms with Crippen LogP contribution in [-0.4, -0.2) is 37.9 Å². The smallest absolute Gasteiger partial charge is 0.262 e. The maximum absolute atomic E-state index is 13.1. The molecule has 0 saturated carbocycles. The van der Waals surface area contributed by atoms with Crippen molar-refractivity contribution >= 4 is 34.3 Å². The van der Waals surface area contributed by atoms with Crippen LogP contribution >= 0.6 is 11.8 Å². The predicted octanol–water partition coefficient (Wildman–Crippen LogP) is 4.07. The number of fused-ring (bicyclic) bond motifs is 3. The monoisotopic (exact) mass is 479 g/mol. The molecular weight excluding hydrogens is 450 g/mol. The summed E-state index contributed by atoms with van der Waals surface area (Å²) in [5.41, 5.74) is 1.58. The molecule has 8 nitrogen and oxygen atoms in total. The molecule has 2 aromatic carbocycles. The summed E-state index contributed by atoms with van der Waals surface area (Å²) >= 11 is 1.30. The number of methoxy groups -OCH3 is 1. The summed E-state index contributed by atoms with van der Waals surface area (Å²) in [5, 5.41) is 12.8. The molecule has 9 heteroatoms. The SMILES string of the molecule is COc1ccccc1C(C)NC(=O)CSc1nnc2n(CCC(C)C)c(=O)c3ccccc3n12. The number of hydrogen-bond donors (Lipinski definition) is 1. The number of carbonyl (C=O) groups excluding carboxylic acids is 1. The molecule has 34 heavy (non-hydrogen) atoms. The maximum atomic E-state index is 13.1. The van der Waals surface area contributed by atoms with Crippen molar-refractivity contribution in [3.63, 3.8) is 0 Å². The normalized spacial score (nSPS) is 12.4. The molecule has 1 atom stereocenters. The first-order valence-corrected chi connectivity index (χ1v) is 12.3. The van der Waals surface area contributed by atoms with Crippen LogP contribution in [0.25, 0.3) is 16.7 Å². The number of para-hydroxylation sites is 2. The lowest BCUT2D eigenvalue weighted by Crippen LogP contribution is -2.28. The van der Waals surface area contributed by atoms with Crippen LogP contribution < -0.4 is 15.6 Å². The molecule has 4 aromatic rings. The van der Waals surface area contributed by atoms with E-state index in [4.69, 9.17) is 4.74 Å². The minimum atomic E-state index is -0.207. The zero-order valence-electron chi connectivity index (χ0n) is 19.8. The molecule has 2 aromatic heterocycles. The lowest BCUT2D eigenvalue weighted by atomic mass is 10.1. The van der Waals surface area contributed by atoms with E-state index in [0.29, 0.717) is 28.8 Å². The fourth-order valence-corrected chi connectivity index (χ4v) is 4.68. The minimum absolute atomic E-state index is 0.0731. The van der Waals surface area contributed by atoms with Crippen LogP contribution in [0.2, 0.25) is 0 Å². The third-order valence-corrected chi connectivity index (χ3v) is 6.65. The Morgan fingerprint density at radius 1 is 1.09 bits per heavy atom. The molecule has 178 valence electrons. The molecule has 0 saturated heterocycles. The summed E-state index contributed by atoms with van der Waals surface area (Å²) in [4.78, 5) is 25.9. The van der Waals surface area contributed by atoms with Gasteiger partial charge in [0.25, 0.3) is 5.56 Å². The summed E-state index contributed by atoms with van der Waals surface area (Å²) in [6.07, 6.45) is 0.854. The van der Waals surface area contributed by atoms with E-state index in [9.17, 15) is 9.59 Å². The molecule has 0 fully saturated rings. The number of benzene rings is 2. The van der Waals surface area contributed by atoms with Gasteiger partial charge in [0.15, 0.2) is 5.16 Å². The van der Waals surface area contributed by atoms with Crippen molar-refractivity contribution in [2.45, 2.75) is 44.9 Å². The summed E-state index contributed by atoms with van der Waals surface area (Å²) in [7, 11) is 1.62. The Hall–Kier alpha value is -3.33. The van der Waals surface area contributed by atoms with E-state index in [1.807, 2.05) is 59.9 Å². The number of hydrogen-bond acceptors (Lipinski definition) is 6. The number of thioether (sulfide) groups is 1. The zero-order chi connectivity index (χ0) is 24.2. The number of nitrogens with one attached hydrogen (secondary N) is 1. The fourth-order valence-electron chi connectivity index (χ4n) is 3.93. The van der Waals surface area contributed by atoms with Gasteiger partial charge in [-0.2, -0.15) is 0 Å². The quantitative estimate of drug-likeness (QED) is 0.364. The second-order valence-corrected chi connectivity index (χ2v) is 9.54. The van der Waals surface area contributed by atoms with Crippen molar-refractivity contribution in [3.8, 4) is 5.75 Å². The molecule has 0 aliphatic rings. The van der Waals surface area contributed by atoms with Crippen molar-refractivity contribution in [1.29, 1.82) is 0 Å². The Morgan fingerprint density at radius 2 is 1.82 bits per heavy atom. The number of amides is 1. The molecule has 0 radical (unpaired) electrons. The van der Waals surface area contributed by atoms with Gasteiger partial charge in [0.05, 0.1) is 29.8 Å². The standard InChI is InChI=1S/C25H29N5O3S/c1-16(2)13-14-29-23(32)19-10-5-7-11-20(19)30-24(29)27-28-25(30)34-15-22(31)26-17(3)18-9-6-8-12-21(18)33-4/h5-12,16-17H,13-15H2,1-4H3,(H,26,31). The van der Waals surface area contributed by atoms with E-state index in [1.54, 1.807) is 11.7 Å². The van der Waals surface area contributed by atoms with Crippen LogP contribution in [0.15, 0.2) is 58.5 Å². The van der Waals surface area contributed by atoms with Crippen LogP contribution in [0.3, 0.4) is 0 Å². The number of aryl methyl sites for hydroxylation is 1. The van der Waals surface area contributed by atoms with E-state index in [1.165, 1.54) is 11.8 Å². The molecule has 0 aliphatic carbocycles. The van der Waals surface area contributed by atoms with Crippen molar-refractivity contribution in [2.75, 3.05) is 12.9 Å². The van der Waals surface area contributed by atoms with Gasteiger partial charge in [-0.25, -0.2) is 0 Å². The Morgan fingerprint density at radius 3 is 2.59 bits per heavy atom. The first-order valence-electron chi connectivity index (χ1n) is 11.3. The Bertz CT molecular complexity index is 1380. The van der Waals surface area contributed by atoms with Crippen LogP contribution in [-0.2, 0) is 11.3 Å². The molecule has 1 N–H and O–H groups in total. The van der Waals surface area contributed by atoms with Gasteiger partial charge in [-0.3, -0.25) is 18.6 Å². The van der Waals surface area contributed by atoms with Crippen molar-refractivity contribution in [2.24, 2.45) is 5.92 Å². The number of aromatic nitrogens is 4. The highest BCUT2D eigenvalue weighted by molar-refractivity contribution is 7.99. The third-order valence-electron chi connectivity index (χ3n) is 5.72. The second-order valence-electron chi connectivity index (χ2n) is 8.59. The molecule has 1 amide bonds. The zero-order valence-corrected chi connectivity index (χ0v) is 20.6. The number of ether oxygens (including phenoxy) is 1.